The number of carbonyl (C=O) groups excluding carboxylic acids is 1. The van der Waals surface area contributed by atoms with E-state index in [1.807, 2.05) is 12.1 Å². The Morgan fingerprint density at radius 1 is 1.26 bits per heavy atom. The van der Waals surface area contributed by atoms with E-state index in [0.717, 1.165) is 28.7 Å². The predicted octanol–water partition coefficient (Wildman–Crippen LogP) is 4.13. The molecule has 2 rings (SSSR count). The quantitative estimate of drug-likeness (QED) is 0.561. The average molecular weight is 258 g/mol. The minimum absolute atomic E-state index is 0.482. The molecule has 0 saturated carbocycles. The van der Waals surface area contributed by atoms with Gasteiger partial charge in [-0.05, 0) is 61.6 Å². The van der Waals surface area contributed by atoms with Gasteiger partial charge in [-0.1, -0.05) is 19.2 Å². The summed E-state index contributed by atoms with van der Waals surface area (Å²) < 4.78 is 10.3. The van der Waals surface area contributed by atoms with Gasteiger partial charge in [0.2, 0.25) is 0 Å². The number of fused-ring (bicyclic) bond motifs is 1. The molecule has 19 heavy (non-hydrogen) atoms. The van der Waals surface area contributed by atoms with Crippen LogP contribution < -0.4 is 4.74 Å². The normalized spacial score (nSPS) is 14.3. The molecule has 0 spiro atoms. The summed E-state index contributed by atoms with van der Waals surface area (Å²) in [5, 5.41) is 0. The van der Waals surface area contributed by atoms with Gasteiger partial charge < -0.3 is 9.47 Å². The zero-order valence-electron chi connectivity index (χ0n) is 11.6. The van der Waals surface area contributed by atoms with Crippen LogP contribution in [0.25, 0.3) is 5.57 Å². The van der Waals surface area contributed by atoms with Crippen molar-refractivity contribution >= 4 is 11.7 Å². The molecule has 0 atom stereocenters. The van der Waals surface area contributed by atoms with Gasteiger partial charge in [-0.25, -0.2) is 4.79 Å². The molecule has 100 valence electrons. The van der Waals surface area contributed by atoms with E-state index >= 15 is 0 Å². The molecule has 3 nitrogen and oxygen atoms in total. The summed E-state index contributed by atoms with van der Waals surface area (Å²) in [5.41, 5.74) is 3.55. The fraction of sp³-hybridized carbons (Fsp3) is 0.312. The SMILES string of the molecule is C=C1Cc2cc(OC(=O)OC(C)(C)C)ccc2C1=C. The van der Waals surface area contributed by atoms with Crippen LogP contribution in [-0.2, 0) is 11.2 Å². The molecular formula is C16H18O3. The van der Waals surface area contributed by atoms with Gasteiger partial charge in [-0.2, -0.15) is 0 Å². The molecule has 0 N–H and O–H groups in total. The highest BCUT2D eigenvalue weighted by Gasteiger charge is 2.21. The summed E-state index contributed by atoms with van der Waals surface area (Å²) in [4.78, 5) is 11.6. The molecule has 0 amide bonds. The zero-order chi connectivity index (χ0) is 14.2. The Morgan fingerprint density at radius 2 is 1.95 bits per heavy atom. The van der Waals surface area contributed by atoms with Crippen molar-refractivity contribution in [1.29, 1.82) is 0 Å². The Bertz CT molecular complexity index is 562. The average Bonchev–Trinajstić information content (AvgIpc) is 2.51. The number of hydrogen-bond acceptors (Lipinski definition) is 3. The van der Waals surface area contributed by atoms with Crippen LogP contribution in [-0.4, -0.2) is 11.8 Å². The molecular weight excluding hydrogens is 240 g/mol. The number of rotatable bonds is 1. The summed E-state index contributed by atoms with van der Waals surface area (Å²) in [6.45, 7) is 13.3. The van der Waals surface area contributed by atoms with Gasteiger partial charge in [-0.3, -0.25) is 0 Å². The lowest BCUT2D eigenvalue weighted by Crippen LogP contribution is -2.26. The lowest BCUT2D eigenvalue weighted by Gasteiger charge is -2.18. The third-order valence-corrected chi connectivity index (χ3v) is 2.82. The van der Waals surface area contributed by atoms with Crippen molar-refractivity contribution in [3.8, 4) is 5.75 Å². The molecule has 0 bridgehead atoms. The van der Waals surface area contributed by atoms with Gasteiger partial charge in [0.15, 0.2) is 0 Å². The second-order valence-corrected chi connectivity index (χ2v) is 5.64. The smallest absolute Gasteiger partial charge is 0.428 e. The monoisotopic (exact) mass is 258 g/mol. The van der Waals surface area contributed by atoms with Crippen LogP contribution in [0, 0.1) is 0 Å². The molecule has 0 aliphatic heterocycles. The van der Waals surface area contributed by atoms with Gasteiger partial charge in [-0.15, -0.1) is 0 Å². The summed E-state index contributed by atoms with van der Waals surface area (Å²) in [6, 6.07) is 5.48. The topological polar surface area (TPSA) is 35.5 Å². The first-order chi connectivity index (χ1) is 8.76. The van der Waals surface area contributed by atoms with Crippen LogP contribution in [0.5, 0.6) is 5.75 Å². The van der Waals surface area contributed by atoms with Crippen molar-refractivity contribution in [3.05, 3.63) is 48.1 Å². The summed E-state index contributed by atoms with van der Waals surface area (Å²) in [6.07, 6.45) is 0.0581. The first-order valence-electron chi connectivity index (χ1n) is 6.17. The van der Waals surface area contributed by atoms with Crippen LogP contribution in [0.4, 0.5) is 4.79 Å². The molecule has 1 aliphatic rings. The van der Waals surface area contributed by atoms with E-state index in [1.165, 1.54) is 0 Å². The highest BCUT2D eigenvalue weighted by atomic mass is 16.7. The maximum absolute atomic E-state index is 11.6. The maximum Gasteiger partial charge on any atom is 0.514 e. The molecule has 0 heterocycles. The third kappa shape index (κ3) is 3.05. The van der Waals surface area contributed by atoms with Crippen molar-refractivity contribution in [3.63, 3.8) is 0 Å². The molecule has 3 heteroatoms. The highest BCUT2D eigenvalue weighted by Crippen LogP contribution is 2.36. The van der Waals surface area contributed by atoms with Crippen LogP contribution in [0.2, 0.25) is 0 Å². The largest absolute Gasteiger partial charge is 0.514 e. The van der Waals surface area contributed by atoms with E-state index in [2.05, 4.69) is 13.2 Å². The van der Waals surface area contributed by atoms with Crippen molar-refractivity contribution in [2.75, 3.05) is 0 Å². The summed E-state index contributed by atoms with van der Waals surface area (Å²) in [7, 11) is 0. The predicted molar refractivity (Wildman–Crippen MR) is 75.2 cm³/mol. The molecule has 1 aromatic rings. The van der Waals surface area contributed by atoms with Crippen LogP contribution in [0.3, 0.4) is 0 Å². The highest BCUT2D eigenvalue weighted by molar-refractivity contribution is 5.84. The van der Waals surface area contributed by atoms with E-state index in [1.54, 1.807) is 26.8 Å². The lowest BCUT2D eigenvalue weighted by atomic mass is 10.1. The number of carbonyl (C=O) groups is 1. The Labute approximate surface area is 113 Å². The third-order valence-electron chi connectivity index (χ3n) is 2.82. The van der Waals surface area contributed by atoms with Gasteiger partial charge in [0.05, 0.1) is 0 Å². The number of ether oxygens (including phenoxy) is 2. The Morgan fingerprint density at radius 3 is 2.58 bits per heavy atom. The van der Waals surface area contributed by atoms with Gasteiger partial charge in [0.25, 0.3) is 0 Å². The van der Waals surface area contributed by atoms with Crippen molar-refractivity contribution in [1.82, 2.24) is 0 Å². The molecule has 0 radical (unpaired) electrons. The second kappa shape index (κ2) is 4.57. The minimum Gasteiger partial charge on any atom is -0.428 e. The van der Waals surface area contributed by atoms with E-state index in [4.69, 9.17) is 9.47 Å². The van der Waals surface area contributed by atoms with Crippen molar-refractivity contribution in [2.24, 2.45) is 0 Å². The summed E-state index contributed by atoms with van der Waals surface area (Å²) >= 11 is 0. The van der Waals surface area contributed by atoms with E-state index in [0.29, 0.717) is 5.75 Å². The van der Waals surface area contributed by atoms with Crippen LogP contribution >= 0.6 is 0 Å². The van der Waals surface area contributed by atoms with Crippen molar-refractivity contribution in [2.45, 2.75) is 32.8 Å². The Hall–Kier alpha value is -2.03. The van der Waals surface area contributed by atoms with Gasteiger partial charge in [0, 0.05) is 0 Å². The molecule has 1 aromatic carbocycles. The molecule has 0 saturated heterocycles. The Kier molecular flexibility index (Phi) is 3.23. The number of benzene rings is 1. The second-order valence-electron chi connectivity index (χ2n) is 5.64. The minimum atomic E-state index is -0.692. The van der Waals surface area contributed by atoms with Gasteiger partial charge >= 0.3 is 6.16 Å². The first-order valence-corrected chi connectivity index (χ1v) is 6.17. The standard InChI is InChI=1S/C16H18O3/c1-10-8-12-9-13(6-7-14(12)11(10)2)18-15(17)19-16(3,4)5/h6-7,9H,1-2,8H2,3-5H3. The zero-order valence-corrected chi connectivity index (χ0v) is 11.6. The summed E-state index contributed by atoms with van der Waals surface area (Å²) in [5.74, 6) is 0.482. The van der Waals surface area contributed by atoms with E-state index < -0.39 is 11.8 Å². The van der Waals surface area contributed by atoms with E-state index in [9.17, 15) is 4.79 Å². The van der Waals surface area contributed by atoms with Crippen LogP contribution in [0.15, 0.2) is 36.9 Å². The fourth-order valence-corrected chi connectivity index (χ4v) is 1.97. The maximum atomic E-state index is 11.6. The molecule has 0 aromatic heterocycles. The molecule has 0 unspecified atom stereocenters. The van der Waals surface area contributed by atoms with E-state index in [-0.39, 0.29) is 0 Å². The van der Waals surface area contributed by atoms with Crippen molar-refractivity contribution < 1.29 is 14.3 Å². The Balaban J connectivity index is 2.12. The van der Waals surface area contributed by atoms with Crippen LogP contribution in [0.1, 0.15) is 31.9 Å². The fourth-order valence-electron chi connectivity index (χ4n) is 1.97. The number of allylic oxidation sites excluding steroid dienone is 2. The first kappa shape index (κ1) is 13.4. The number of hydrogen-bond donors (Lipinski definition) is 0. The molecule has 0 fully saturated rings. The van der Waals surface area contributed by atoms with Gasteiger partial charge in [0.1, 0.15) is 11.4 Å². The molecule has 1 aliphatic carbocycles. The lowest BCUT2D eigenvalue weighted by molar-refractivity contribution is 0.0206.